The Bertz CT molecular complexity index is 105. The predicted molar refractivity (Wildman–Crippen MR) is 46.6 cm³/mol. The Morgan fingerprint density at radius 1 is 1.33 bits per heavy atom. The Morgan fingerprint density at radius 3 is 1.89 bits per heavy atom. The minimum Gasteiger partial charge on any atom is -0.291 e. The van der Waals surface area contributed by atoms with Crippen LogP contribution in [0.5, 0.6) is 0 Å². The van der Waals surface area contributed by atoms with Crippen molar-refractivity contribution in [2.24, 2.45) is 4.99 Å². The monoisotopic (exact) mass is 191 g/mol. The lowest BCUT2D eigenvalue weighted by molar-refractivity contribution is 0.831. The normalized spacial score (nSPS) is 16.4. The molecule has 2 heteroatoms. The summed E-state index contributed by atoms with van der Waals surface area (Å²) in [7, 11) is 0. The van der Waals surface area contributed by atoms with E-state index in [-0.39, 0.29) is 0 Å². The van der Waals surface area contributed by atoms with Gasteiger partial charge in [-0.2, -0.15) is 0 Å². The van der Waals surface area contributed by atoms with Crippen LogP contribution in [0.1, 0.15) is 27.7 Å². The maximum absolute atomic E-state index is 4.35. The van der Waals surface area contributed by atoms with Gasteiger partial charge >= 0.3 is 0 Å². The molecule has 0 radical (unpaired) electrons. The molecule has 0 aliphatic carbocycles. The summed E-state index contributed by atoms with van der Waals surface area (Å²) in [6, 6.07) is 0.421. The van der Waals surface area contributed by atoms with Crippen LogP contribution < -0.4 is 0 Å². The number of rotatable bonds is 2. The Kier molecular flexibility index (Phi) is 4.11. The van der Waals surface area contributed by atoms with E-state index in [9.17, 15) is 0 Å². The summed E-state index contributed by atoms with van der Waals surface area (Å²) >= 11 is 3.44. The molecule has 9 heavy (non-hydrogen) atoms. The van der Waals surface area contributed by atoms with Gasteiger partial charge in [0.05, 0.1) is 0 Å². The SMILES string of the molecule is CC(=NC(C)C)C(C)Br. The van der Waals surface area contributed by atoms with E-state index in [1.54, 1.807) is 0 Å². The summed E-state index contributed by atoms with van der Waals surface area (Å²) in [5.74, 6) is 0. The molecule has 0 heterocycles. The van der Waals surface area contributed by atoms with E-state index in [4.69, 9.17) is 0 Å². The second kappa shape index (κ2) is 4.04. The van der Waals surface area contributed by atoms with Crippen LogP contribution in [0.15, 0.2) is 4.99 Å². The lowest BCUT2D eigenvalue weighted by Gasteiger charge is -2.03. The Hall–Kier alpha value is 0.150. The topological polar surface area (TPSA) is 12.4 Å². The highest BCUT2D eigenvalue weighted by Crippen LogP contribution is 2.01. The highest BCUT2D eigenvalue weighted by Gasteiger charge is 1.99. The Balaban J connectivity index is 3.84. The summed E-state index contributed by atoms with van der Waals surface area (Å²) in [6.45, 7) is 8.29. The zero-order valence-corrected chi connectivity index (χ0v) is 8.07. The number of alkyl halides is 1. The molecule has 0 N–H and O–H groups in total. The van der Waals surface area contributed by atoms with E-state index in [0.717, 1.165) is 0 Å². The molecule has 0 aromatic carbocycles. The first-order chi connectivity index (χ1) is 4.04. The molecule has 0 aliphatic heterocycles. The van der Waals surface area contributed by atoms with Crippen LogP contribution in [0.3, 0.4) is 0 Å². The molecule has 0 spiro atoms. The fourth-order valence-corrected chi connectivity index (χ4v) is 0.628. The number of hydrogen-bond donors (Lipinski definition) is 0. The first kappa shape index (κ1) is 9.15. The molecule has 0 saturated carbocycles. The van der Waals surface area contributed by atoms with Gasteiger partial charge in [-0.1, -0.05) is 15.9 Å². The van der Waals surface area contributed by atoms with Gasteiger partial charge in [0.1, 0.15) is 0 Å². The molecule has 54 valence electrons. The van der Waals surface area contributed by atoms with Crippen molar-refractivity contribution in [2.45, 2.75) is 38.6 Å². The van der Waals surface area contributed by atoms with Crippen molar-refractivity contribution in [2.75, 3.05) is 0 Å². The summed E-state index contributed by atoms with van der Waals surface area (Å²) < 4.78 is 0. The average molecular weight is 192 g/mol. The summed E-state index contributed by atoms with van der Waals surface area (Å²) in [5, 5.41) is 0. The average Bonchev–Trinajstić information content (AvgIpc) is 1.63. The van der Waals surface area contributed by atoms with E-state index in [2.05, 4.69) is 41.7 Å². The van der Waals surface area contributed by atoms with Gasteiger partial charge in [-0.05, 0) is 27.7 Å². The standard InChI is InChI=1S/C7H14BrN/c1-5(2)9-7(4)6(3)8/h5-6H,1-4H3. The molecule has 0 fully saturated rings. The molecule has 1 unspecified atom stereocenters. The second-order valence-electron chi connectivity index (χ2n) is 2.48. The fraction of sp³-hybridized carbons (Fsp3) is 0.857. The molecule has 0 aromatic heterocycles. The van der Waals surface area contributed by atoms with Gasteiger partial charge < -0.3 is 0 Å². The van der Waals surface area contributed by atoms with Crippen LogP contribution in [-0.4, -0.2) is 16.6 Å². The zero-order chi connectivity index (χ0) is 7.44. The molecule has 0 amide bonds. The third kappa shape index (κ3) is 4.64. The van der Waals surface area contributed by atoms with Crippen molar-refractivity contribution in [1.82, 2.24) is 0 Å². The van der Waals surface area contributed by atoms with Crippen LogP contribution in [-0.2, 0) is 0 Å². The smallest absolute Gasteiger partial charge is 0.0493 e. The van der Waals surface area contributed by atoms with Crippen LogP contribution in [0.2, 0.25) is 0 Å². The van der Waals surface area contributed by atoms with Crippen LogP contribution >= 0.6 is 15.9 Å². The van der Waals surface area contributed by atoms with E-state index >= 15 is 0 Å². The van der Waals surface area contributed by atoms with E-state index in [1.165, 1.54) is 5.71 Å². The van der Waals surface area contributed by atoms with Gasteiger partial charge in [0.25, 0.3) is 0 Å². The highest BCUT2D eigenvalue weighted by molar-refractivity contribution is 9.10. The molecule has 0 aliphatic rings. The third-order valence-electron chi connectivity index (χ3n) is 1.04. The number of nitrogens with zero attached hydrogens (tertiary/aromatic N) is 1. The molecule has 0 bridgehead atoms. The second-order valence-corrected chi connectivity index (χ2v) is 3.85. The molecule has 0 aromatic rings. The molecular formula is C7H14BrN. The Labute approximate surface area is 65.7 Å². The van der Waals surface area contributed by atoms with Crippen molar-refractivity contribution >= 4 is 21.6 Å². The Morgan fingerprint density at radius 2 is 1.78 bits per heavy atom. The molecule has 1 atom stereocenters. The van der Waals surface area contributed by atoms with Crippen molar-refractivity contribution in [3.05, 3.63) is 0 Å². The first-order valence-electron chi connectivity index (χ1n) is 3.22. The zero-order valence-electron chi connectivity index (χ0n) is 6.48. The van der Waals surface area contributed by atoms with Gasteiger partial charge in [-0.25, -0.2) is 0 Å². The predicted octanol–water partition coefficient (Wildman–Crippen LogP) is 2.64. The summed E-state index contributed by atoms with van der Waals surface area (Å²) in [4.78, 5) is 4.76. The van der Waals surface area contributed by atoms with Crippen molar-refractivity contribution in [3.63, 3.8) is 0 Å². The van der Waals surface area contributed by atoms with Gasteiger partial charge in [0.15, 0.2) is 0 Å². The van der Waals surface area contributed by atoms with Crippen molar-refractivity contribution < 1.29 is 0 Å². The molecule has 1 nitrogen and oxygen atoms in total. The van der Waals surface area contributed by atoms with E-state index < -0.39 is 0 Å². The number of aliphatic imine (C=N–C) groups is 1. The van der Waals surface area contributed by atoms with Crippen molar-refractivity contribution in [1.29, 1.82) is 0 Å². The van der Waals surface area contributed by atoms with Crippen LogP contribution in [0.4, 0.5) is 0 Å². The van der Waals surface area contributed by atoms with Gasteiger partial charge in [0.2, 0.25) is 0 Å². The quantitative estimate of drug-likeness (QED) is 0.471. The molecule has 0 rings (SSSR count). The third-order valence-corrected chi connectivity index (χ3v) is 1.70. The summed E-state index contributed by atoms with van der Waals surface area (Å²) in [5.41, 5.74) is 1.17. The van der Waals surface area contributed by atoms with Crippen LogP contribution in [0.25, 0.3) is 0 Å². The van der Waals surface area contributed by atoms with Crippen LogP contribution in [0, 0.1) is 0 Å². The largest absolute Gasteiger partial charge is 0.291 e. The minimum absolute atomic E-state index is 0.417. The van der Waals surface area contributed by atoms with Gasteiger partial charge in [-0.3, -0.25) is 4.99 Å². The minimum atomic E-state index is 0.417. The maximum Gasteiger partial charge on any atom is 0.0493 e. The van der Waals surface area contributed by atoms with Gasteiger partial charge in [-0.15, -0.1) is 0 Å². The highest BCUT2D eigenvalue weighted by atomic mass is 79.9. The lowest BCUT2D eigenvalue weighted by Crippen LogP contribution is -2.07. The lowest BCUT2D eigenvalue weighted by atomic mass is 10.3. The first-order valence-corrected chi connectivity index (χ1v) is 4.14. The molecule has 0 saturated heterocycles. The number of halogens is 1. The maximum atomic E-state index is 4.35. The van der Waals surface area contributed by atoms with E-state index in [1.807, 2.05) is 6.92 Å². The number of hydrogen-bond acceptors (Lipinski definition) is 1. The molecular weight excluding hydrogens is 178 g/mol. The summed E-state index contributed by atoms with van der Waals surface area (Å²) in [6.07, 6.45) is 0. The van der Waals surface area contributed by atoms with Gasteiger partial charge in [0, 0.05) is 16.6 Å². The van der Waals surface area contributed by atoms with Crippen molar-refractivity contribution in [3.8, 4) is 0 Å². The van der Waals surface area contributed by atoms with E-state index in [0.29, 0.717) is 10.9 Å². The fourth-order valence-electron chi connectivity index (χ4n) is 0.510.